The molecule has 0 aromatic rings. The van der Waals surface area contributed by atoms with Crippen LogP contribution in [0.4, 0.5) is 0 Å². The van der Waals surface area contributed by atoms with Gasteiger partial charge >= 0.3 is 5.97 Å². The highest BCUT2D eigenvalue weighted by Gasteiger charge is 2.43. The summed E-state index contributed by atoms with van der Waals surface area (Å²) < 4.78 is 0. The largest absolute Gasteiger partial charge is 0.481 e. The van der Waals surface area contributed by atoms with Crippen LogP contribution >= 0.6 is 0 Å². The van der Waals surface area contributed by atoms with Gasteiger partial charge in [-0.05, 0) is 12.0 Å². The number of rotatable bonds is 1. The normalized spacial score (nSPS) is 30.6. The number of Topliss-reactive ketones (excluding diaryl/α,β-unsaturated/α-hetero) is 1. The molecule has 4 heteroatoms. The van der Waals surface area contributed by atoms with Crippen LogP contribution in [0.3, 0.4) is 0 Å². The van der Waals surface area contributed by atoms with Crippen LogP contribution in [0.2, 0.25) is 0 Å². The molecule has 0 saturated carbocycles. The van der Waals surface area contributed by atoms with Crippen LogP contribution in [0.1, 0.15) is 6.42 Å². The van der Waals surface area contributed by atoms with Crippen molar-refractivity contribution >= 4 is 11.8 Å². The van der Waals surface area contributed by atoms with Crippen molar-refractivity contribution in [3.05, 3.63) is 35.6 Å². The molecule has 0 spiro atoms. The number of carboxylic acids is 1. The molecular weight excluding hydrogens is 218 g/mol. The molecule has 2 unspecified atom stereocenters. The Morgan fingerprint density at radius 3 is 2.88 bits per heavy atom. The van der Waals surface area contributed by atoms with Crippen molar-refractivity contribution < 1.29 is 14.7 Å². The smallest absolute Gasteiger partial charge is 0.315 e. The summed E-state index contributed by atoms with van der Waals surface area (Å²) in [6.07, 6.45) is 8.64. The van der Waals surface area contributed by atoms with Gasteiger partial charge in [0, 0.05) is 18.8 Å². The number of carboxylic acid groups (broad SMARTS) is 1. The monoisotopic (exact) mass is 231 g/mol. The van der Waals surface area contributed by atoms with E-state index in [0.29, 0.717) is 19.5 Å². The van der Waals surface area contributed by atoms with E-state index in [1.165, 1.54) is 0 Å². The molecule has 2 atom stereocenters. The lowest BCUT2D eigenvalue weighted by molar-refractivity contribution is -0.149. The number of hydrogen-bond acceptors (Lipinski definition) is 3. The molecule has 88 valence electrons. The molecule has 0 aromatic carbocycles. The van der Waals surface area contributed by atoms with Gasteiger partial charge in [0.25, 0.3) is 0 Å². The first-order chi connectivity index (χ1) is 8.18. The van der Waals surface area contributed by atoms with E-state index in [1.807, 2.05) is 29.2 Å². The first kappa shape index (κ1) is 10.3. The predicted octanol–water partition coefficient (Wildman–Crippen LogP) is 0.972. The topological polar surface area (TPSA) is 57.6 Å². The second-order valence-electron chi connectivity index (χ2n) is 4.63. The molecule has 1 N–H and O–H groups in total. The summed E-state index contributed by atoms with van der Waals surface area (Å²) in [6, 6.07) is 0. The summed E-state index contributed by atoms with van der Waals surface area (Å²) in [4.78, 5) is 25.3. The number of nitrogens with zero attached hydrogens (tertiary/aromatic N) is 1. The molecule has 2 aliphatic heterocycles. The Labute approximate surface area is 98.9 Å². The zero-order chi connectivity index (χ0) is 12.0. The zero-order valence-electron chi connectivity index (χ0n) is 9.30. The highest BCUT2D eigenvalue weighted by molar-refractivity contribution is 6.02. The van der Waals surface area contributed by atoms with E-state index in [0.717, 1.165) is 11.3 Å². The third-order valence-corrected chi connectivity index (χ3v) is 3.65. The molecule has 1 aliphatic carbocycles. The van der Waals surface area contributed by atoms with Crippen LogP contribution < -0.4 is 0 Å². The maximum atomic E-state index is 12.1. The molecule has 4 nitrogen and oxygen atoms in total. The Bertz CT molecular complexity index is 483. The average molecular weight is 231 g/mol. The van der Waals surface area contributed by atoms with Crippen molar-refractivity contribution in [2.24, 2.45) is 11.8 Å². The Morgan fingerprint density at radius 1 is 1.35 bits per heavy atom. The summed E-state index contributed by atoms with van der Waals surface area (Å²) >= 11 is 0. The lowest BCUT2D eigenvalue weighted by atomic mass is 9.78. The molecule has 2 heterocycles. The summed E-state index contributed by atoms with van der Waals surface area (Å²) in [6.45, 7) is 1.02. The van der Waals surface area contributed by atoms with E-state index in [4.69, 9.17) is 5.11 Å². The summed E-state index contributed by atoms with van der Waals surface area (Å²) in [7, 11) is 0. The maximum absolute atomic E-state index is 12.1. The SMILES string of the molecule is O=C(O)C1CN2CC=CC3=C2C(CC=C3)C1=O. The molecule has 3 rings (SSSR count). The van der Waals surface area contributed by atoms with Gasteiger partial charge in [-0.3, -0.25) is 9.59 Å². The summed E-state index contributed by atoms with van der Waals surface area (Å²) in [5.41, 5.74) is 2.09. The fourth-order valence-electron chi connectivity index (χ4n) is 2.86. The fourth-order valence-corrected chi connectivity index (χ4v) is 2.86. The van der Waals surface area contributed by atoms with Gasteiger partial charge in [0.05, 0.1) is 5.92 Å². The molecule has 1 fully saturated rings. The minimum atomic E-state index is -1.00. The maximum Gasteiger partial charge on any atom is 0.315 e. The van der Waals surface area contributed by atoms with Crippen LogP contribution in [0.25, 0.3) is 0 Å². The molecular formula is C13H13NO3. The molecule has 0 radical (unpaired) electrons. The third kappa shape index (κ3) is 1.44. The fraction of sp³-hybridized carbons (Fsp3) is 0.385. The van der Waals surface area contributed by atoms with E-state index in [2.05, 4.69) is 0 Å². The lowest BCUT2D eigenvalue weighted by Crippen LogP contribution is -2.49. The van der Waals surface area contributed by atoms with Crippen molar-refractivity contribution in [2.75, 3.05) is 13.1 Å². The van der Waals surface area contributed by atoms with Crippen molar-refractivity contribution in [3.63, 3.8) is 0 Å². The van der Waals surface area contributed by atoms with E-state index in [9.17, 15) is 9.59 Å². The number of carbonyl (C=O) groups excluding carboxylic acids is 1. The van der Waals surface area contributed by atoms with Crippen LogP contribution in [0.5, 0.6) is 0 Å². The highest BCUT2D eigenvalue weighted by atomic mass is 16.4. The van der Waals surface area contributed by atoms with Crippen molar-refractivity contribution in [1.29, 1.82) is 0 Å². The number of allylic oxidation sites excluding steroid dienone is 5. The summed E-state index contributed by atoms with van der Waals surface area (Å²) in [5.74, 6) is -2.27. The van der Waals surface area contributed by atoms with Crippen LogP contribution in [-0.2, 0) is 9.59 Å². The van der Waals surface area contributed by atoms with Gasteiger partial charge in [0.15, 0.2) is 5.78 Å². The first-order valence-corrected chi connectivity index (χ1v) is 5.77. The van der Waals surface area contributed by atoms with Gasteiger partial charge in [-0.1, -0.05) is 24.3 Å². The molecule has 17 heavy (non-hydrogen) atoms. The van der Waals surface area contributed by atoms with Crippen LogP contribution in [0, 0.1) is 11.8 Å². The number of aliphatic carboxylic acids is 1. The first-order valence-electron chi connectivity index (χ1n) is 5.77. The number of carbonyl (C=O) groups is 2. The van der Waals surface area contributed by atoms with Gasteiger partial charge in [-0.15, -0.1) is 0 Å². The number of piperidine rings is 1. The van der Waals surface area contributed by atoms with Gasteiger partial charge < -0.3 is 10.0 Å². The highest BCUT2D eigenvalue weighted by Crippen LogP contribution is 2.37. The summed E-state index contributed by atoms with van der Waals surface area (Å²) in [5, 5.41) is 9.10. The Morgan fingerprint density at radius 2 is 2.12 bits per heavy atom. The van der Waals surface area contributed by atoms with Gasteiger partial charge in [-0.25, -0.2) is 0 Å². The Balaban J connectivity index is 2.04. The predicted molar refractivity (Wildman–Crippen MR) is 61.1 cm³/mol. The third-order valence-electron chi connectivity index (χ3n) is 3.65. The second-order valence-corrected chi connectivity index (χ2v) is 4.63. The minimum Gasteiger partial charge on any atom is -0.481 e. The number of hydrogen-bond donors (Lipinski definition) is 1. The molecule has 1 saturated heterocycles. The quantitative estimate of drug-likeness (QED) is 0.683. The Hall–Kier alpha value is -1.84. The van der Waals surface area contributed by atoms with Crippen LogP contribution in [-0.4, -0.2) is 34.8 Å². The molecule has 0 bridgehead atoms. The van der Waals surface area contributed by atoms with Gasteiger partial charge in [0.1, 0.15) is 5.92 Å². The Kier molecular flexibility index (Phi) is 2.18. The average Bonchev–Trinajstić information content (AvgIpc) is 2.33. The van der Waals surface area contributed by atoms with E-state index >= 15 is 0 Å². The molecule has 3 aliphatic rings. The number of ketones is 1. The van der Waals surface area contributed by atoms with E-state index in [1.54, 1.807) is 0 Å². The minimum absolute atomic E-state index is 0.138. The van der Waals surface area contributed by atoms with Crippen molar-refractivity contribution in [3.8, 4) is 0 Å². The van der Waals surface area contributed by atoms with E-state index < -0.39 is 11.9 Å². The standard InChI is InChI=1S/C13H13NO3/c15-12-9-5-1-3-8-4-2-6-14(11(8)9)7-10(12)13(16)17/h1-4,9-10H,5-7H2,(H,16,17). The van der Waals surface area contributed by atoms with Crippen molar-refractivity contribution in [2.45, 2.75) is 6.42 Å². The van der Waals surface area contributed by atoms with Crippen LogP contribution in [0.15, 0.2) is 35.6 Å². The van der Waals surface area contributed by atoms with Gasteiger partial charge in [0.2, 0.25) is 0 Å². The van der Waals surface area contributed by atoms with Crippen molar-refractivity contribution in [1.82, 2.24) is 4.90 Å². The zero-order valence-corrected chi connectivity index (χ0v) is 9.30. The lowest BCUT2D eigenvalue weighted by Gasteiger charge is -2.42. The molecule has 0 amide bonds. The van der Waals surface area contributed by atoms with Gasteiger partial charge in [-0.2, -0.15) is 0 Å². The molecule has 0 aromatic heterocycles. The second kappa shape index (κ2) is 3.58. The van der Waals surface area contributed by atoms with E-state index in [-0.39, 0.29) is 11.7 Å².